The Balaban J connectivity index is 2.21. The highest BCUT2D eigenvalue weighted by Gasteiger charge is 2.11. The van der Waals surface area contributed by atoms with Crippen LogP contribution in [0.3, 0.4) is 0 Å². The quantitative estimate of drug-likeness (QED) is 0.841. The lowest BCUT2D eigenvalue weighted by Crippen LogP contribution is -2.35. The van der Waals surface area contributed by atoms with E-state index in [4.69, 9.17) is 4.42 Å². The van der Waals surface area contributed by atoms with Gasteiger partial charge in [-0.1, -0.05) is 12.1 Å². The molecule has 102 valence electrons. The maximum Gasteiger partial charge on any atom is 0.291 e. The molecule has 1 heterocycles. The second-order valence-electron chi connectivity index (χ2n) is 3.83. The van der Waals surface area contributed by atoms with Crippen molar-refractivity contribution in [2.45, 2.75) is 0 Å². The van der Waals surface area contributed by atoms with Gasteiger partial charge in [-0.05, 0) is 35.9 Å². The molecule has 1 N–H and O–H groups in total. The minimum Gasteiger partial charge on any atom is -0.543 e. The molecule has 0 bridgehead atoms. The van der Waals surface area contributed by atoms with E-state index in [0.29, 0.717) is 5.56 Å². The van der Waals surface area contributed by atoms with Crippen LogP contribution < -0.4 is 10.4 Å². The van der Waals surface area contributed by atoms with Crippen LogP contribution in [0.4, 0.5) is 4.39 Å². The zero-order valence-electron chi connectivity index (χ0n) is 10.1. The topological polar surface area (TPSA) is 82.4 Å². The van der Waals surface area contributed by atoms with Crippen LogP contribution in [0.5, 0.6) is 0 Å². The van der Waals surface area contributed by atoms with E-state index in [0.717, 1.165) is 6.08 Å². The third-order valence-corrected chi connectivity index (χ3v) is 2.39. The Morgan fingerprint density at radius 3 is 2.45 bits per heavy atom. The third-order valence-electron chi connectivity index (χ3n) is 2.39. The first-order valence-corrected chi connectivity index (χ1v) is 5.60. The molecule has 0 saturated heterocycles. The van der Waals surface area contributed by atoms with Crippen LogP contribution in [-0.4, -0.2) is 11.9 Å². The lowest BCUT2D eigenvalue weighted by Gasteiger charge is -2.09. The zero-order valence-corrected chi connectivity index (χ0v) is 10.1. The normalized spacial score (nSPS) is 11.2. The molecular weight excluding hydrogens is 265 g/mol. The van der Waals surface area contributed by atoms with Crippen molar-refractivity contribution in [3.8, 4) is 0 Å². The molecule has 0 fully saturated rings. The van der Waals surface area contributed by atoms with E-state index in [9.17, 15) is 19.1 Å². The van der Waals surface area contributed by atoms with Gasteiger partial charge in [0.05, 0.1) is 17.9 Å². The highest BCUT2D eigenvalue weighted by Crippen LogP contribution is 2.08. The fourth-order valence-corrected chi connectivity index (χ4v) is 1.46. The van der Waals surface area contributed by atoms with Gasteiger partial charge in [-0.15, -0.1) is 0 Å². The summed E-state index contributed by atoms with van der Waals surface area (Å²) in [4.78, 5) is 22.6. The van der Waals surface area contributed by atoms with Crippen LogP contribution in [0.1, 0.15) is 16.1 Å². The van der Waals surface area contributed by atoms with Gasteiger partial charge in [0.15, 0.2) is 5.76 Å². The van der Waals surface area contributed by atoms with E-state index >= 15 is 0 Å². The summed E-state index contributed by atoms with van der Waals surface area (Å²) in [5, 5.41) is 13.1. The Kier molecular flexibility index (Phi) is 3.95. The van der Waals surface area contributed by atoms with Gasteiger partial charge in [-0.3, -0.25) is 4.79 Å². The Morgan fingerprint density at radius 1 is 1.20 bits per heavy atom. The van der Waals surface area contributed by atoms with Gasteiger partial charge in [0.25, 0.3) is 5.91 Å². The van der Waals surface area contributed by atoms with E-state index in [-0.39, 0.29) is 5.76 Å². The predicted octanol–water partition coefficient (Wildman–Crippen LogP) is 0.940. The van der Waals surface area contributed by atoms with Crippen molar-refractivity contribution in [1.29, 1.82) is 0 Å². The van der Waals surface area contributed by atoms with Crippen LogP contribution >= 0.6 is 0 Å². The average molecular weight is 274 g/mol. The summed E-state index contributed by atoms with van der Waals surface area (Å²) in [6.45, 7) is 0. The number of nitrogens with one attached hydrogen (secondary N) is 1. The van der Waals surface area contributed by atoms with Crippen molar-refractivity contribution in [2.24, 2.45) is 0 Å². The number of amides is 1. The zero-order chi connectivity index (χ0) is 14.5. The predicted molar refractivity (Wildman–Crippen MR) is 65.6 cm³/mol. The third kappa shape index (κ3) is 3.32. The van der Waals surface area contributed by atoms with Crippen LogP contribution in [0.15, 0.2) is 52.8 Å². The molecule has 0 saturated carbocycles. The molecule has 5 nitrogen and oxygen atoms in total. The number of furan rings is 1. The number of benzene rings is 1. The largest absolute Gasteiger partial charge is 0.543 e. The number of carbonyl (C=O) groups excluding carboxylic acids is 2. The smallest absolute Gasteiger partial charge is 0.291 e. The van der Waals surface area contributed by atoms with Crippen LogP contribution in [0.25, 0.3) is 6.08 Å². The fraction of sp³-hybridized carbons (Fsp3) is 0. The SMILES string of the molecule is O=C([O-])/C(=C\c1ccc(F)cc1)NC(=O)c1ccco1. The number of carboxylic acids is 1. The summed E-state index contributed by atoms with van der Waals surface area (Å²) in [5.41, 5.74) is -0.0386. The second-order valence-corrected chi connectivity index (χ2v) is 3.83. The second kappa shape index (κ2) is 5.83. The van der Waals surface area contributed by atoms with Crippen molar-refractivity contribution in [3.05, 3.63) is 65.5 Å². The summed E-state index contributed by atoms with van der Waals surface area (Å²) in [7, 11) is 0. The molecule has 0 unspecified atom stereocenters. The number of aliphatic carboxylic acids is 1. The highest BCUT2D eigenvalue weighted by atomic mass is 19.1. The van der Waals surface area contributed by atoms with E-state index in [2.05, 4.69) is 5.32 Å². The molecule has 0 spiro atoms. The van der Waals surface area contributed by atoms with Crippen molar-refractivity contribution < 1.29 is 23.5 Å². The standard InChI is InChI=1S/C14H10FNO4/c15-10-5-3-9(4-6-10)8-11(14(18)19)16-13(17)12-2-1-7-20-12/h1-8H,(H,16,17)(H,18,19)/p-1/b11-8+. The van der Waals surface area contributed by atoms with Gasteiger partial charge >= 0.3 is 0 Å². The Labute approximate surface area is 113 Å². The first-order chi connectivity index (χ1) is 9.56. The molecule has 0 aliphatic carbocycles. The van der Waals surface area contributed by atoms with Gasteiger partial charge in [0.1, 0.15) is 5.82 Å². The van der Waals surface area contributed by atoms with Crippen LogP contribution in [-0.2, 0) is 4.79 Å². The molecule has 0 aliphatic heterocycles. The minimum absolute atomic E-state index is 0.0312. The minimum atomic E-state index is -1.56. The summed E-state index contributed by atoms with van der Waals surface area (Å²) in [6.07, 6.45) is 2.45. The highest BCUT2D eigenvalue weighted by molar-refractivity contribution is 6.00. The van der Waals surface area contributed by atoms with Crippen LogP contribution in [0, 0.1) is 5.82 Å². The van der Waals surface area contributed by atoms with E-state index in [1.807, 2.05) is 0 Å². The molecule has 1 amide bonds. The van der Waals surface area contributed by atoms with Crippen molar-refractivity contribution in [1.82, 2.24) is 5.32 Å². The van der Waals surface area contributed by atoms with E-state index in [1.54, 1.807) is 0 Å². The molecule has 20 heavy (non-hydrogen) atoms. The molecule has 1 aromatic carbocycles. The van der Waals surface area contributed by atoms with E-state index in [1.165, 1.54) is 42.7 Å². The summed E-state index contributed by atoms with van der Waals surface area (Å²) < 4.78 is 17.6. The molecule has 2 rings (SSSR count). The summed E-state index contributed by atoms with van der Waals surface area (Å²) in [6, 6.07) is 7.98. The fourth-order valence-electron chi connectivity index (χ4n) is 1.46. The molecular formula is C14H9FNO4-. The van der Waals surface area contributed by atoms with Crippen molar-refractivity contribution in [3.63, 3.8) is 0 Å². The Hall–Kier alpha value is -2.89. The first kappa shape index (κ1) is 13.5. The molecule has 0 atom stereocenters. The average Bonchev–Trinajstić information content (AvgIpc) is 2.94. The number of halogens is 1. The van der Waals surface area contributed by atoms with Crippen LogP contribution in [0.2, 0.25) is 0 Å². The Bertz CT molecular complexity index is 644. The first-order valence-electron chi connectivity index (χ1n) is 5.60. The Morgan fingerprint density at radius 2 is 1.90 bits per heavy atom. The number of hydrogen-bond donors (Lipinski definition) is 1. The maximum absolute atomic E-state index is 12.7. The van der Waals surface area contributed by atoms with Gasteiger partial charge in [-0.2, -0.15) is 0 Å². The molecule has 0 aliphatic rings. The van der Waals surface area contributed by atoms with Gasteiger partial charge in [0.2, 0.25) is 0 Å². The lowest BCUT2D eigenvalue weighted by atomic mass is 10.2. The summed E-state index contributed by atoms with van der Waals surface area (Å²) >= 11 is 0. The van der Waals surface area contributed by atoms with Gasteiger partial charge in [0, 0.05) is 0 Å². The van der Waals surface area contributed by atoms with Gasteiger partial charge in [-0.25, -0.2) is 4.39 Å². The maximum atomic E-state index is 12.7. The lowest BCUT2D eigenvalue weighted by molar-refractivity contribution is -0.299. The number of rotatable bonds is 4. The molecule has 1 aromatic heterocycles. The number of carbonyl (C=O) groups is 2. The van der Waals surface area contributed by atoms with Crippen molar-refractivity contribution in [2.75, 3.05) is 0 Å². The van der Waals surface area contributed by atoms with Crippen molar-refractivity contribution >= 4 is 18.0 Å². The number of carboxylic acid groups (broad SMARTS) is 1. The van der Waals surface area contributed by atoms with Gasteiger partial charge < -0.3 is 19.6 Å². The molecule has 2 aromatic rings. The molecule has 0 radical (unpaired) electrons. The number of hydrogen-bond acceptors (Lipinski definition) is 4. The molecule has 6 heteroatoms. The monoisotopic (exact) mass is 274 g/mol. The van der Waals surface area contributed by atoms with E-state index < -0.39 is 23.4 Å². The summed E-state index contributed by atoms with van der Waals surface area (Å²) in [5.74, 6) is -2.75.